The molecule has 0 radical (unpaired) electrons. The fourth-order valence-corrected chi connectivity index (χ4v) is 1.94. The Morgan fingerprint density at radius 2 is 1.78 bits per heavy atom. The molecule has 0 aliphatic carbocycles. The molecule has 0 saturated carbocycles. The van der Waals surface area contributed by atoms with E-state index in [4.69, 9.17) is 14.7 Å². The van der Waals surface area contributed by atoms with Crippen molar-refractivity contribution in [2.45, 2.75) is 0 Å². The van der Waals surface area contributed by atoms with E-state index in [2.05, 4.69) is 5.32 Å². The zero-order chi connectivity index (χ0) is 16.7. The number of carbonyl (C=O) groups excluding carboxylic acids is 1. The van der Waals surface area contributed by atoms with E-state index < -0.39 is 0 Å². The smallest absolute Gasteiger partial charge is 0.248 e. The third-order valence-corrected chi connectivity index (χ3v) is 3.12. The second-order valence-electron chi connectivity index (χ2n) is 4.63. The van der Waals surface area contributed by atoms with E-state index in [9.17, 15) is 4.79 Å². The first kappa shape index (κ1) is 16.1. The summed E-state index contributed by atoms with van der Waals surface area (Å²) in [5.74, 6) is 0.971. The fraction of sp³-hybridized carbons (Fsp3) is 0.111. The largest absolute Gasteiger partial charge is 0.493 e. The molecular formula is C18H16N2O3. The van der Waals surface area contributed by atoms with Crippen molar-refractivity contribution >= 4 is 17.7 Å². The Hall–Kier alpha value is -3.26. The number of hydrogen-bond acceptors (Lipinski definition) is 4. The molecule has 5 heteroatoms. The highest BCUT2D eigenvalue weighted by Gasteiger charge is 2.03. The molecule has 0 bridgehead atoms. The third kappa shape index (κ3) is 4.35. The highest BCUT2D eigenvalue weighted by Crippen LogP contribution is 2.27. The minimum atomic E-state index is -0.260. The molecule has 0 heterocycles. The van der Waals surface area contributed by atoms with Crippen molar-refractivity contribution in [3.05, 3.63) is 59.7 Å². The van der Waals surface area contributed by atoms with Crippen LogP contribution in [0.15, 0.2) is 48.5 Å². The first-order valence-corrected chi connectivity index (χ1v) is 6.87. The lowest BCUT2D eigenvalue weighted by Gasteiger charge is -2.07. The van der Waals surface area contributed by atoms with E-state index in [1.165, 1.54) is 6.08 Å². The lowest BCUT2D eigenvalue weighted by atomic mass is 10.2. The van der Waals surface area contributed by atoms with Crippen LogP contribution in [0, 0.1) is 11.3 Å². The standard InChI is InChI=1S/C18H16N2O3/c1-22-16-9-5-13(11-17(16)23-2)6-10-18(21)20-15-7-3-14(12-19)4-8-15/h3-11H,1-2H3,(H,20,21). The van der Waals surface area contributed by atoms with E-state index in [1.54, 1.807) is 56.7 Å². The molecule has 116 valence electrons. The molecule has 0 aliphatic rings. The van der Waals surface area contributed by atoms with E-state index in [0.717, 1.165) is 5.56 Å². The summed E-state index contributed by atoms with van der Waals surface area (Å²) in [4.78, 5) is 11.9. The summed E-state index contributed by atoms with van der Waals surface area (Å²) in [6, 6.07) is 14.1. The normalized spacial score (nSPS) is 10.1. The molecule has 0 aliphatic heterocycles. The van der Waals surface area contributed by atoms with Gasteiger partial charge in [0, 0.05) is 11.8 Å². The van der Waals surface area contributed by atoms with Crippen LogP contribution in [0.4, 0.5) is 5.69 Å². The van der Waals surface area contributed by atoms with Crippen LogP contribution in [0.5, 0.6) is 11.5 Å². The Morgan fingerprint density at radius 3 is 2.39 bits per heavy atom. The third-order valence-electron chi connectivity index (χ3n) is 3.12. The van der Waals surface area contributed by atoms with Gasteiger partial charge in [0.15, 0.2) is 11.5 Å². The molecule has 23 heavy (non-hydrogen) atoms. The van der Waals surface area contributed by atoms with Gasteiger partial charge in [0.25, 0.3) is 0 Å². The van der Waals surface area contributed by atoms with Crippen LogP contribution in [0.2, 0.25) is 0 Å². The second-order valence-corrected chi connectivity index (χ2v) is 4.63. The van der Waals surface area contributed by atoms with Crippen molar-refractivity contribution < 1.29 is 14.3 Å². The number of ether oxygens (including phenoxy) is 2. The van der Waals surface area contributed by atoms with Crippen molar-refractivity contribution in [2.24, 2.45) is 0 Å². The Kier molecular flexibility index (Phi) is 5.37. The number of nitrogens with one attached hydrogen (secondary N) is 1. The molecular weight excluding hydrogens is 292 g/mol. The summed E-state index contributed by atoms with van der Waals surface area (Å²) in [6.45, 7) is 0. The van der Waals surface area contributed by atoms with Crippen molar-refractivity contribution in [3.8, 4) is 17.6 Å². The fourth-order valence-electron chi connectivity index (χ4n) is 1.94. The molecule has 0 fully saturated rings. The lowest BCUT2D eigenvalue weighted by Crippen LogP contribution is -2.07. The molecule has 2 aromatic rings. The molecule has 0 aromatic heterocycles. The summed E-state index contributed by atoms with van der Waals surface area (Å²) in [5.41, 5.74) is 1.99. The predicted octanol–water partition coefficient (Wildman–Crippen LogP) is 3.23. The van der Waals surface area contributed by atoms with E-state index in [1.807, 2.05) is 12.1 Å². The maximum Gasteiger partial charge on any atom is 0.248 e. The number of carbonyl (C=O) groups is 1. The quantitative estimate of drug-likeness (QED) is 0.861. The number of anilines is 1. The minimum Gasteiger partial charge on any atom is -0.493 e. The van der Waals surface area contributed by atoms with Crippen LogP contribution in [0.25, 0.3) is 6.08 Å². The van der Waals surface area contributed by atoms with Gasteiger partial charge < -0.3 is 14.8 Å². The van der Waals surface area contributed by atoms with Gasteiger partial charge in [0.2, 0.25) is 5.91 Å². The maximum atomic E-state index is 11.9. The Bertz CT molecular complexity index is 759. The van der Waals surface area contributed by atoms with Gasteiger partial charge in [-0.05, 0) is 48.0 Å². The van der Waals surface area contributed by atoms with Gasteiger partial charge in [-0.3, -0.25) is 4.79 Å². The molecule has 0 spiro atoms. The molecule has 0 atom stereocenters. The highest BCUT2D eigenvalue weighted by molar-refractivity contribution is 6.01. The SMILES string of the molecule is COc1ccc(C=CC(=O)Nc2ccc(C#N)cc2)cc1OC. The van der Waals surface area contributed by atoms with Gasteiger partial charge in [-0.2, -0.15) is 5.26 Å². The number of hydrogen-bond donors (Lipinski definition) is 1. The molecule has 1 amide bonds. The molecule has 2 rings (SSSR count). The van der Waals surface area contributed by atoms with Gasteiger partial charge in [0.1, 0.15) is 0 Å². The van der Waals surface area contributed by atoms with Gasteiger partial charge in [0.05, 0.1) is 25.9 Å². The molecule has 2 aromatic carbocycles. The van der Waals surface area contributed by atoms with Gasteiger partial charge in [-0.25, -0.2) is 0 Å². The second kappa shape index (κ2) is 7.66. The number of rotatable bonds is 5. The minimum absolute atomic E-state index is 0.260. The van der Waals surface area contributed by atoms with Crippen molar-refractivity contribution in [2.75, 3.05) is 19.5 Å². The average Bonchev–Trinajstić information content (AvgIpc) is 2.60. The van der Waals surface area contributed by atoms with E-state index in [0.29, 0.717) is 22.7 Å². The summed E-state index contributed by atoms with van der Waals surface area (Å²) < 4.78 is 10.4. The van der Waals surface area contributed by atoms with Crippen LogP contribution >= 0.6 is 0 Å². The number of benzene rings is 2. The highest BCUT2D eigenvalue weighted by atomic mass is 16.5. The summed E-state index contributed by atoms with van der Waals surface area (Å²) in [7, 11) is 3.13. The molecule has 5 nitrogen and oxygen atoms in total. The number of nitriles is 1. The van der Waals surface area contributed by atoms with Gasteiger partial charge >= 0.3 is 0 Å². The number of methoxy groups -OCH3 is 2. The first-order valence-electron chi connectivity index (χ1n) is 6.87. The van der Waals surface area contributed by atoms with Gasteiger partial charge in [-0.15, -0.1) is 0 Å². The zero-order valence-electron chi connectivity index (χ0n) is 12.9. The summed E-state index contributed by atoms with van der Waals surface area (Å²) in [6.07, 6.45) is 3.11. The Labute approximate surface area is 134 Å². The number of nitrogens with zero attached hydrogens (tertiary/aromatic N) is 1. The van der Waals surface area contributed by atoms with E-state index >= 15 is 0 Å². The van der Waals surface area contributed by atoms with Crippen molar-refractivity contribution in [1.82, 2.24) is 0 Å². The lowest BCUT2D eigenvalue weighted by molar-refractivity contribution is -0.111. The topological polar surface area (TPSA) is 71.3 Å². The van der Waals surface area contributed by atoms with Crippen LogP contribution < -0.4 is 14.8 Å². The van der Waals surface area contributed by atoms with Crippen molar-refractivity contribution in [1.29, 1.82) is 5.26 Å². The van der Waals surface area contributed by atoms with Crippen LogP contribution in [-0.2, 0) is 4.79 Å². The predicted molar refractivity (Wildman–Crippen MR) is 88.4 cm³/mol. The molecule has 1 N–H and O–H groups in total. The average molecular weight is 308 g/mol. The monoisotopic (exact) mass is 308 g/mol. The Morgan fingerprint density at radius 1 is 1.09 bits per heavy atom. The maximum absolute atomic E-state index is 11.9. The molecule has 0 unspecified atom stereocenters. The Balaban J connectivity index is 2.04. The summed E-state index contributed by atoms with van der Waals surface area (Å²) in [5, 5.41) is 11.5. The van der Waals surface area contributed by atoms with Crippen molar-refractivity contribution in [3.63, 3.8) is 0 Å². The van der Waals surface area contributed by atoms with Crippen LogP contribution in [-0.4, -0.2) is 20.1 Å². The zero-order valence-corrected chi connectivity index (χ0v) is 12.9. The summed E-state index contributed by atoms with van der Waals surface area (Å²) >= 11 is 0. The molecule has 0 saturated heterocycles. The number of amides is 1. The first-order chi connectivity index (χ1) is 11.2. The van der Waals surface area contributed by atoms with Crippen LogP contribution in [0.3, 0.4) is 0 Å². The van der Waals surface area contributed by atoms with Gasteiger partial charge in [-0.1, -0.05) is 6.07 Å². The van der Waals surface area contributed by atoms with Crippen LogP contribution in [0.1, 0.15) is 11.1 Å². The van der Waals surface area contributed by atoms with E-state index in [-0.39, 0.29) is 5.91 Å².